The van der Waals surface area contributed by atoms with Crippen LogP contribution in [0.2, 0.25) is 0 Å². The quantitative estimate of drug-likeness (QED) is 0.499. The lowest BCUT2D eigenvalue weighted by Crippen LogP contribution is -1.66. The van der Waals surface area contributed by atoms with Crippen LogP contribution in [0.5, 0.6) is 0 Å². The van der Waals surface area contributed by atoms with Crippen molar-refractivity contribution >= 4 is 0 Å². The molecule has 0 saturated heterocycles. The minimum atomic E-state index is 1.20. The Labute approximate surface area is 56.6 Å². The zero-order chi connectivity index (χ0) is 6.53. The zero-order valence-corrected chi connectivity index (χ0v) is 5.64. The zero-order valence-electron chi connectivity index (χ0n) is 5.64. The number of allylic oxidation sites excluding steroid dienone is 5. The fourth-order valence-corrected chi connectivity index (χ4v) is 0.943. The second kappa shape index (κ2) is 3.29. The van der Waals surface area contributed by atoms with E-state index in [2.05, 4.69) is 24.8 Å². The van der Waals surface area contributed by atoms with Gasteiger partial charge in [-0.25, -0.2) is 0 Å². The predicted octanol–water partition coefficient (Wildman–Crippen LogP) is 2.84. The Morgan fingerprint density at radius 3 is 3.11 bits per heavy atom. The molecule has 0 nitrogen and oxygen atoms in total. The van der Waals surface area contributed by atoms with Crippen molar-refractivity contribution in [2.75, 3.05) is 0 Å². The van der Waals surface area contributed by atoms with Gasteiger partial charge < -0.3 is 0 Å². The van der Waals surface area contributed by atoms with Crippen LogP contribution in [0.3, 0.4) is 0 Å². The van der Waals surface area contributed by atoms with Gasteiger partial charge in [-0.3, -0.25) is 0 Å². The molecule has 0 heteroatoms. The molecule has 0 aliphatic heterocycles. The highest BCUT2D eigenvalue weighted by atomic mass is 14.0. The third-order valence-electron chi connectivity index (χ3n) is 1.50. The highest BCUT2D eigenvalue weighted by molar-refractivity contribution is 5.29. The summed E-state index contributed by atoms with van der Waals surface area (Å²) in [7, 11) is 0. The predicted molar refractivity (Wildman–Crippen MR) is 41.3 cm³/mol. The fraction of sp³-hybridized carbons (Fsp3) is 0.333. The van der Waals surface area contributed by atoms with E-state index in [9.17, 15) is 0 Å². The van der Waals surface area contributed by atoms with Gasteiger partial charge in [0, 0.05) is 0 Å². The lowest BCUT2D eigenvalue weighted by molar-refractivity contribution is 0.875. The standard InChI is InChI=1S/C9H12/c1-2-9-7-5-3-4-6-8-9/h2,5,7-8H,1,3-4,6H2. The SMILES string of the molecule is C=CC1=CCCCC=C1. The van der Waals surface area contributed by atoms with Crippen molar-refractivity contribution in [1.82, 2.24) is 0 Å². The third kappa shape index (κ3) is 1.88. The summed E-state index contributed by atoms with van der Waals surface area (Å²) in [5.74, 6) is 0. The molecule has 48 valence electrons. The molecule has 0 aromatic carbocycles. The van der Waals surface area contributed by atoms with E-state index in [1.165, 1.54) is 24.8 Å². The van der Waals surface area contributed by atoms with Crippen LogP contribution in [0.4, 0.5) is 0 Å². The van der Waals surface area contributed by atoms with Gasteiger partial charge >= 0.3 is 0 Å². The molecule has 9 heavy (non-hydrogen) atoms. The number of hydrogen-bond donors (Lipinski definition) is 0. The van der Waals surface area contributed by atoms with E-state index in [1.54, 1.807) is 0 Å². The summed E-state index contributed by atoms with van der Waals surface area (Å²) >= 11 is 0. The van der Waals surface area contributed by atoms with Crippen molar-refractivity contribution in [2.24, 2.45) is 0 Å². The second-order valence-electron chi connectivity index (χ2n) is 2.24. The second-order valence-corrected chi connectivity index (χ2v) is 2.24. The molecular weight excluding hydrogens is 108 g/mol. The molecule has 0 atom stereocenters. The van der Waals surface area contributed by atoms with Crippen LogP contribution in [0.15, 0.2) is 36.5 Å². The first-order valence-electron chi connectivity index (χ1n) is 3.42. The van der Waals surface area contributed by atoms with Gasteiger partial charge in [0.15, 0.2) is 0 Å². The molecule has 0 heterocycles. The van der Waals surface area contributed by atoms with E-state index in [0.29, 0.717) is 0 Å². The Bertz CT molecular complexity index is 149. The molecular formula is C9H12. The van der Waals surface area contributed by atoms with Crippen LogP contribution in [-0.2, 0) is 0 Å². The highest BCUT2D eigenvalue weighted by Gasteiger charge is 1.89. The summed E-state index contributed by atoms with van der Waals surface area (Å²) < 4.78 is 0. The normalized spacial score (nSPS) is 18.4. The van der Waals surface area contributed by atoms with E-state index < -0.39 is 0 Å². The molecule has 0 amide bonds. The molecule has 0 spiro atoms. The first-order valence-corrected chi connectivity index (χ1v) is 3.42. The number of hydrogen-bond acceptors (Lipinski definition) is 0. The molecule has 0 fully saturated rings. The van der Waals surface area contributed by atoms with Crippen LogP contribution in [0.1, 0.15) is 19.3 Å². The van der Waals surface area contributed by atoms with Gasteiger partial charge in [0.1, 0.15) is 0 Å². The molecule has 0 radical (unpaired) electrons. The van der Waals surface area contributed by atoms with Gasteiger partial charge in [0.25, 0.3) is 0 Å². The average Bonchev–Trinajstić information content (AvgIpc) is 2.13. The van der Waals surface area contributed by atoms with Crippen molar-refractivity contribution in [3.63, 3.8) is 0 Å². The molecule has 0 aromatic rings. The minimum Gasteiger partial charge on any atom is -0.0985 e. The monoisotopic (exact) mass is 120 g/mol. The first kappa shape index (κ1) is 6.34. The minimum absolute atomic E-state index is 1.20. The largest absolute Gasteiger partial charge is 0.0985 e. The lowest BCUT2D eigenvalue weighted by Gasteiger charge is -1.86. The third-order valence-corrected chi connectivity index (χ3v) is 1.50. The van der Waals surface area contributed by atoms with Gasteiger partial charge in [-0.1, -0.05) is 30.9 Å². The molecule has 1 rings (SSSR count). The first-order chi connectivity index (χ1) is 4.43. The molecule has 0 bridgehead atoms. The topological polar surface area (TPSA) is 0 Å². The smallest absolute Gasteiger partial charge is 0.0306 e. The van der Waals surface area contributed by atoms with Gasteiger partial charge in [-0.05, 0) is 24.8 Å². The highest BCUT2D eigenvalue weighted by Crippen LogP contribution is 2.09. The fourth-order valence-electron chi connectivity index (χ4n) is 0.943. The summed E-state index contributed by atoms with van der Waals surface area (Å²) in [5.41, 5.74) is 1.27. The molecule has 1 aliphatic rings. The Kier molecular flexibility index (Phi) is 2.32. The van der Waals surface area contributed by atoms with E-state index >= 15 is 0 Å². The average molecular weight is 120 g/mol. The maximum Gasteiger partial charge on any atom is -0.0306 e. The van der Waals surface area contributed by atoms with Crippen molar-refractivity contribution in [1.29, 1.82) is 0 Å². The van der Waals surface area contributed by atoms with E-state index in [1.807, 2.05) is 6.08 Å². The van der Waals surface area contributed by atoms with Crippen LogP contribution in [0, 0.1) is 0 Å². The van der Waals surface area contributed by atoms with Crippen LogP contribution < -0.4 is 0 Å². The Hall–Kier alpha value is -0.780. The summed E-state index contributed by atoms with van der Waals surface area (Å²) in [4.78, 5) is 0. The summed E-state index contributed by atoms with van der Waals surface area (Å²) in [5, 5.41) is 0. The summed E-state index contributed by atoms with van der Waals surface area (Å²) in [6, 6.07) is 0. The van der Waals surface area contributed by atoms with Gasteiger partial charge in [0.2, 0.25) is 0 Å². The van der Waals surface area contributed by atoms with Crippen LogP contribution in [-0.4, -0.2) is 0 Å². The van der Waals surface area contributed by atoms with E-state index in [0.717, 1.165) is 0 Å². The maximum absolute atomic E-state index is 3.71. The summed E-state index contributed by atoms with van der Waals surface area (Å²) in [6.07, 6.45) is 12.2. The lowest BCUT2D eigenvalue weighted by atomic mass is 10.2. The molecule has 0 aromatic heterocycles. The van der Waals surface area contributed by atoms with Crippen molar-refractivity contribution in [2.45, 2.75) is 19.3 Å². The van der Waals surface area contributed by atoms with Gasteiger partial charge in [-0.2, -0.15) is 0 Å². The molecule has 0 saturated carbocycles. The van der Waals surface area contributed by atoms with Crippen molar-refractivity contribution < 1.29 is 0 Å². The van der Waals surface area contributed by atoms with Crippen molar-refractivity contribution in [3.05, 3.63) is 36.5 Å². The van der Waals surface area contributed by atoms with Gasteiger partial charge in [0.05, 0.1) is 0 Å². The van der Waals surface area contributed by atoms with Gasteiger partial charge in [-0.15, -0.1) is 0 Å². The Morgan fingerprint density at radius 2 is 2.33 bits per heavy atom. The molecule has 1 aliphatic carbocycles. The van der Waals surface area contributed by atoms with Crippen LogP contribution in [0.25, 0.3) is 0 Å². The van der Waals surface area contributed by atoms with Crippen LogP contribution >= 0.6 is 0 Å². The van der Waals surface area contributed by atoms with Crippen molar-refractivity contribution in [3.8, 4) is 0 Å². The van der Waals surface area contributed by atoms with E-state index in [-0.39, 0.29) is 0 Å². The maximum atomic E-state index is 3.71. The molecule has 0 unspecified atom stereocenters. The van der Waals surface area contributed by atoms with E-state index in [4.69, 9.17) is 0 Å². The Balaban J connectivity index is 2.63. The summed E-state index contributed by atoms with van der Waals surface area (Å²) in [6.45, 7) is 3.71. The number of rotatable bonds is 1. The Morgan fingerprint density at radius 1 is 1.44 bits per heavy atom. The molecule has 0 N–H and O–H groups in total.